The molecule has 0 aromatic carbocycles. The summed E-state index contributed by atoms with van der Waals surface area (Å²) in [4.78, 5) is 8.51. The average molecular weight is 233 g/mol. The largest absolute Gasteiger partial charge is 0.339 e. The minimum absolute atomic E-state index is 0.346. The summed E-state index contributed by atoms with van der Waals surface area (Å²) < 4.78 is 7.22. The lowest BCUT2D eigenvalue weighted by molar-refractivity contribution is 0.322. The highest BCUT2D eigenvalue weighted by atomic mass is 16.5. The van der Waals surface area contributed by atoms with Gasteiger partial charge in [0.1, 0.15) is 5.69 Å². The maximum atomic E-state index is 5.34. The van der Waals surface area contributed by atoms with Gasteiger partial charge in [0.15, 0.2) is 0 Å². The lowest BCUT2D eigenvalue weighted by Crippen LogP contribution is -2.28. The van der Waals surface area contributed by atoms with Crippen LogP contribution in [0.2, 0.25) is 0 Å². The molecule has 0 saturated carbocycles. The van der Waals surface area contributed by atoms with Crippen molar-refractivity contribution < 1.29 is 4.52 Å². The van der Waals surface area contributed by atoms with Gasteiger partial charge in [-0.05, 0) is 19.4 Å². The van der Waals surface area contributed by atoms with Gasteiger partial charge in [-0.1, -0.05) is 5.16 Å². The van der Waals surface area contributed by atoms with E-state index < -0.39 is 0 Å². The number of piperidine rings is 1. The Hall–Kier alpha value is -1.69. The van der Waals surface area contributed by atoms with Gasteiger partial charge >= 0.3 is 0 Å². The average Bonchev–Trinajstić information content (AvgIpc) is 2.98. The highest BCUT2D eigenvalue weighted by Gasteiger charge is 2.22. The summed E-state index contributed by atoms with van der Waals surface area (Å²) in [6.07, 6.45) is 5.75. The first-order chi connectivity index (χ1) is 8.34. The van der Waals surface area contributed by atoms with Crippen molar-refractivity contribution in [1.29, 1.82) is 0 Å². The molecule has 6 heteroatoms. The van der Waals surface area contributed by atoms with Crippen LogP contribution in [0.4, 0.5) is 0 Å². The fourth-order valence-electron chi connectivity index (χ4n) is 2.14. The first kappa shape index (κ1) is 10.5. The third kappa shape index (κ3) is 1.95. The van der Waals surface area contributed by atoms with E-state index in [2.05, 4.69) is 20.4 Å². The topological polar surface area (TPSA) is 68.8 Å². The maximum absolute atomic E-state index is 5.34. The molecule has 1 aliphatic rings. The predicted molar refractivity (Wildman–Crippen MR) is 61.3 cm³/mol. The first-order valence-corrected chi connectivity index (χ1v) is 5.85. The summed E-state index contributed by atoms with van der Waals surface area (Å²) >= 11 is 0. The van der Waals surface area contributed by atoms with Crippen molar-refractivity contribution in [3.63, 3.8) is 0 Å². The van der Waals surface area contributed by atoms with Crippen molar-refractivity contribution >= 4 is 0 Å². The highest BCUT2D eigenvalue weighted by molar-refractivity contribution is 5.47. The van der Waals surface area contributed by atoms with Gasteiger partial charge in [0.2, 0.25) is 11.7 Å². The Labute approximate surface area is 99.0 Å². The molecule has 2 aromatic heterocycles. The molecule has 6 nitrogen and oxygen atoms in total. The molecule has 0 spiro atoms. The zero-order valence-electron chi connectivity index (χ0n) is 9.76. The molecule has 0 bridgehead atoms. The first-order valence-electron chi connectivity index (χ1n) is 5.85. The van der Waals surface area contributed by atoms with E-state index in [-0.39, 0.29) is 0 Å². The van der Waals surface area contributed by atoms with E-state index in [0.717, 1.165) is 37.5 Å². The molecule has 1 fully saturated rings. The minimum atomic E-state index is 0.346. The van der Waals surface area contributed by atoms with Crippen LogP contribution in [0.25, 0.3) is 11.5 Å². The SMILES string of the molecule is Cn1cncc1-c1noc([C@@H]2CCCNC2)n1. The van der Waals surface area contributed by atoms with Crippen LogP contribution >= 0.6 is 0 Å². The zero-order chi connectivity index (χ0) is 11.7. The van der Waals surface area contributed by atoms with Crippen LogP contribution in [0.15, 0.2) is 17.0 Å². The number of imidazole rings is 1. The number of hydrogen-bond acceptors (Lipinski definition) is 5. The molecule has 0 aliphatic carbocycles. The van der Waals surface area contributed by atoms with Crippen LogP contribution in [-0.4, -0.2) is 32.8 Å². The van der Waals surface area contributed by atoms with Crippen LogP contribution in [-0.2, 0) is 7.05 Å². The van der Waals surface area contributed by atoms with Crippen molar-refractivity contribution in [2.75, 3.05) is 13.1 Å². The number of hydrogen-bond donors (Lipinski definition) is 1. The van der Waals surface area contributed by atoms with Crippen LogP contribution in [0.1, 0.15) is 24.7 Å². The normalized spacial score (nSPS) is 20.6. The van der Waals surface area contributed by atoms with Gasteiger partial charge in [-0.3, -0.25) is 0 Å². The van der Waals surface area contributed by atoms with Crippen molar-refractivity contribution in [2.45, 2.75) is 18.8 Å². The van der Waals surface area contributed by atoms with E-state index in [4.69, 9.17) is 4.52 Å². The minimum Gasteiger partial charge on any atom is -0.339 e. The lowest BCUT2D eigenvalue weighted by atomic mass is 10.00. The van der Waals surface area contributed by atoms with Crippen LogP contribution in [0.5, 0.6) is 0 Å². The Morgan fingerprint density at radius 3 is 3.18 bits per heavy atom. The molecule has 1 N–H and O–H groups in total. The number of nitrogens with zero attached hydrogens (tertiary/aromatic N) is 4. The smallest absolute Gasteiger partial charge is 0.231 e. The lowest BCUT2D eigenvalue weighted by Gasteiger charge is -2.18. The summed E-state index contributed by atoms with van der Waals surface area (Å²) in [5.41, 5.74) is 0.878. The summed E-state index contributed by atoms with van der Waals surface area (Å²) in [5.74, 6) is 1.69. The Kier molecular flexibility index (Phi) is 2.64. The number of aryl methyl sites for hydroxylation is 1. The van der Waals surface area contributed by atoms with Crippen LogP contribution < -0.4 is 5.32 Å². The Bertz CT molecular complexity index is 497. The molecule has 90 valence electrons. The molecule has 1 saturated heterocycles. The van der Waals surface area contributed by atoms with Gasteiger partial charge in [-0.2, -0.15) is 4.98 Å². The molecule has 1 aliphatic heterocycles. The molecule has 0 radical (unpaired) electrons. The van der Waals surface area contributed by atoms with Crippen LogP contribution in [0.3, 0.4) is 0 Å². The van der Waals surface area contributed by atoms with Gasteiger partial charge in [0.25, 0.3) is 0 Å². The maximum Gasteiger partial charge on any atom is 0.231 e. The van der Waals surface area contributed by atoms with E-state index in [0.29, 0.717) is 11.7 Å². The monoisotopic (exact) mass is 233 g/mol. The number of nitrogens with one attached hydrogen (secondary N) is 1. The van der Waals surface area contributed by atoms with Gasteiger partial charge in [0, 0.05) is 13.6 Å². The standard InChI is InChI=1S/C11H15N5O/c1-16-7-13-6-9(16)10-14-11(17-15-10)8-3-2-4-12-5-8/h6-8,12H,2-5H2,1H3/t8-/m1/s1. The second-order valence-corrected chi connectivity index (χ2v) is 4.39. The van der Waals surface area contributed by atoms with E-state index in [1.165, 1.54) is 0 Å². The highest BCUT2D eigenvalue weighted by Crippen LogP contribution is 2.23. The summed E-state index contributed by atoms with van der Waals surface area (Å²) in [5, 5.41) is 7.36. The molecular formula is C11H15N5O. The molecule has 0 amide bonds. The summed E-state index contributed by atoms with van der Waals surface area (Å²) in [6, 6.07) is 0. The van der Waals surface area contributed by atoms with Gasteiger partial charge in [0.05, 0.1) is 18.4 Å². The molecule has 17 heavy (non-hydrogen) atoms. The predicted octanol–water partition coefficient (Wildman–Crippen LogP) is 0.937. The van der Waals surface area contributed by atoms with E-state index in [9.17, 15) is 0 Å². The molecule has 1 atom stereocenters. The Morgan fingerprint density at radius 2 is 2.47 bits per heavy atom. The van der Waals surface area contributed by atoms with Crippen molar-refractivity contribution in [3.8, 4) is 11.5 Å². The Balaban J connectivity index is 1.85. The van der Waals surface area contributed by atoms with Crippen molar-refractivity contribution in [2.24, 2.45) is 7.05 Å². The molecule has 3 heterocycles. The number of aromatic nitrogens is 4. The Morgan fingerprint density at radius 1 is 1.53 bits per heavy atom. The fraction of sp³-hybridized carbons (Fsp3) is 0.545. The van der Waals surface area contributed by atoms with E-state index in [1.54, 1.807) is 12.5 Å². The van der Waals surface area contributed by atoms with Gasteiger partial charge in [-0.25, -0.2) is 4.98 Å². The zero-order valence-corrected chi connectivity index (χ0v) is 9.76. The van der Waals surface area contributed by atoms with Gasteiger partial charge in [-0.15, -0.1) is 0 Å². The third-order valence-corrected chi connectivity index (χ3v) is 3.13. The van der Waals surface area contributed by atoms with Gasteiger partial charge < -0.3 is 14.4 Å². The fourth-order valence-corrected chi connectivity index (χ4v) is 2.14. The van der Waals surface area contributed by atoms with E-state index in [1.807, 2.05) is 11.6 Å². The quantitative estimate of drug-likeness (QED) is 0.836. The molecular weight excluding hydrogens is 218 g/mol. The van der Waals surface area contributed by atoms with Crippen molar-refractivity contribution in [1.82, 2.24) is 25.0 Å². The number of rotatable bonds is 2. The molecule has 2 aromatic rings. The van der Waals surface area contributed by atoms with E-state index >= 15 is 0 Å². The summed E-state index contributed by atoms with van der Waals surface area (Å²) in [7, 11) is 1.92. The summed E-state index contributed by atoms with van der Waals surface area (Å²) in [6.45, 7) is 2.01. The third-order valence-electron chi connectivity index (χ3n) is 3.13. The molecule has 3 rings (SSSR count). The second-order valence-electron chi connectivity index (χ2n) is 4.39. The van der Waals surface area contributed by atoms with Crippen molar-refractivity contribution in [3.05, 3.63) is 18.4 Å². The molecule has 0 unspecified atom stereocenters. The second kappa shape index (κ2) is 4.29. The van der Waals surface area contributed by atoms with Crippen LogP contribution in [0, 0.1) is 0 Å².